The Bertz CT molecular complexity index is 776. The second-order valence-electron chi connectivity index (χ2n) is 4.44. The van der Waals surface area contributed by atoms with Gasteiger partial charge in [0.15, 0.2) is 0 Å². The molecule has 0 aliphatic heterocycles. The van der Waals surface area contributed by atoms with Crippen molar-refractivity contribution in [2.24, 2.45) is 5.73 Å². The van der Waals surface area contributed by atoms with Crippen molar-refractivity contribution in [1.29, 1.82) is 0 Å². The number of benzene rings is 1. The van der Waals surface area contributed by atoms with Crippen LogP contribution in [0.4, 0.5) is 0 Å². The molecule has 0 saturated heterocycles. The SMILES string of the molecule is CCn1c(-c2cc(Br)sc2Br)nc2cc(CN)ccc21. The van der Waals surface area contributed by atoms with Crippen LogP contribution in [0.1, 0.15) is 12.5 Å². The Morgan fingerprint density at radius 2 is 2.10 bits per heavy atom. The van der Waals surface area contributed by atoms with E-state index >= 15 is 0 Å². The lowest BCUT2D eigenvalue weighted by molar-refractivity contribution is 0.796. The first-order chi connectivity index (χ1) is 9.63. The van der Waals surface area contributed by atoms with E-state index in [1.54, 1.807) is 11.3 Å². The highest BCUT2D eigenvalue weighted by molar-refractivity contribution is 9.12. The van der Waals surface area contributed by atoms with Crippen molar-refractivity contribution >= 4 is 54.2 Å². The summed E-state index contributed by atoms with van der Waals surface area (Å²) in [6.45, 7) is 3.56. The van der Waals surface area contributed by atoms with E-state index in [9.17, 15) is 0 Å². The molecule has 0 unspecified atom stereocenters. The number of hydrogen-bond donors (Lipinski definition) is 1. The normalized spacial score (nSPS) is 11.4. The van der Waals surface area contributed by atoms with Gasteiger partial charge >= 0.3 is 0 Å². The molecule has 104 valence electrons. The fourth-order valence-corrected chi connectivity index (χ4v) is 5.11. The minimum absolute atomic E-state index is 0.540. The highest BCUT2D eigenvalue weighted by atomic mass is 79.9. The van der Waals surface area contributed by atoms with Crippen molar-refractivity contribution in [1.82, 2.24) is 9.55 Å². The Morgan fingerprint density at radius 1 is 1.30 bits per heavy atom. The number of aromatic nitrogens is 2. The quantitative estimate of drug-likeness (QED) is 0.670. The van der Waals surface area contributed by atoms with Crippen LogP contribution in [0.2, 0.25) is 0 Å². The van der Waals surface area contributed by atoms with Crippen molar-refractivity contribution in [2.75, 3.05) is 0 Å². The van der Waals surface area contributed by atoms with E-state index in [0.29, 0.717) is 6.54 Å². The number of fused-ring (bicyclic) bond motifs is 1. The van der Waals surface area contributed by atoms with Crippen LogP contribution in [0.5, 0.6) is 0 Å². The standard InChI is InChI=1S/C14H13Br2N3S/c1-2-19-11-4-3-8(7-17)5-10(11)18-14(19)9-6-12(15)20-13(9)16/h3-6H,2,7,17H2,1H3. The van der Waals surface area contributed by atoms with Crippen LogP contribution in [0.25, 0.3) is 22.4 Å². The van der Waals surface area contributed by atoms with Crippen LogP contribution >= 0.6 is 43.2 Å². The molecule has 20 heavy (non-hydrogen) atoms. The van der Waals surface area contributed by atoms with E-state index in [-0.39, 0.29) is 0 Å². The molecular formula is C14H13Br2N3S. The van der Waals surface area contributed by atoms with E-state index in [2.05, 4.69) is 67.6 Å². The minimum Gasteiger partial charge on any atom is -0.326 e. The number of imidazole rings is 1. The Hall–Kier alpha value is -0.690. The molecular weight excluding hydrogens is 402 g/mol. The van der Waals surface area contributed by atoms with Gasteiger partial charge in [-0.3, -0.25) is 0 Å². The molecule has 0 aliphatic rings. The number of aryl methyl sites for hydroxylation is 1. The van der Waals surface area contributed by atoms with E-state index in [1.165, 1.54) is 0 Å². The highest BCUT2D eigenvalue weighted by Crippen LogP contribution is 2.39. The fraction of sp³-hybridized carbons (Fsp3) is 0.214. The summed E-state index contributed by atoms with van der Waals surface area (Å²) in [5.74, 6) is 0.991. The monoisotopic (exact) mass is 413 g/mol. The van der Waals surface area contributed by atoms with Gasteiger partial charge in [-0.1, -0.05) is 6.07 Å². The predicted octanol–water partition coefficient (Wildman–Crippen LogP) is 4.77. The van der Waals surface area contributed by atoms with E-state index in [1.807, 2.05) is 0 Å². The maximum Gasteiger partial charge on any atom is 0.143 e. The Morgan fingerprint density at radius 3 is 2.70 bits per heavy atom. The zero-order chi connectivity index (χ0) is 14.3. The summed E-state index contributed by atoms with van der Waals surface area (Å²) in [6, 6.07) is 8.34. The zero-order valence-electron chi connectivity index (χ0n) is 10.9. The lowest BCUT2D eigenvalue weighted by Gasteiger charge is -2.05. The Kier molecular flexibility index (Phi) is 3.99. The molecule has 0 amide bonds. The van der Waals surface area contributed by atoms with Gasteiger partial charge in [0.25, 0.3) is 0 Å². The van der Waals surface area contributed by atoms with Gasteiger partial charge < -0.3 is 10.3 Å². The van der Waals surface area contributed by atoms with Crippen molar-refractivity contribution < 1.29 is 0 Å². The van der Waals surface area contributed by atoms with Crippen LogP contribution in [-0.4, -0.2) is 9.55 Å². The molecule has 2 N–H and O–H groups in total. The summed E-state index contributed by atoms with van der Waals surface area (Å²) < 4.78 is 4.42. The van der Waals surface area contributed by atoms with Gasteiger partial charge in [-0.25, -0.2) is 4.98 Å². The molecule has 3 rings (SSSR count). The first-order valence-corrected chi connectivity index (χ1v) is 8.68. The number of halogens is 2. The highest BCUT2D eigenvalue weighted by Gasteiger charge is 2.16. The zero-order valence-corrected chi connectivity index (χ0v) is 14.8. The van der Waals surface area contributed by atoms with Crippen LogP contribution in [0.3, 0.4) is 0 Å². The van der Waals surface area contributed by atoms with Crippen LogP contribution < -0.4 is 5.73 Å². The van der Waals surface area contributed by atoms with Gasteiger partial charge in [0.1, 0.15) is 5.82 Å². The molecule has 0 saturated carbocycles. The van der Waals surface area contributed by atoms with Crippen molar-refractivity contribution in [3.63, 3.8) is 0 Å². The minimum atomic E-state index is 0.540. The molecule has 6 heteroatoms. The van der Waals surface area contributed by atoms with E-state index < -0.39 is 0 Å². The molecule has 0 fully saturated rings. The topological polar surface area (TPSA) is 43.8 Å². The molecule has 0 bridgehead atoms. The Labute approximate surface area is 138 Å². The largest absolute Gasteiger partial charge is 0.326 e. The third-order valence-corrected chi connectivity index (χ3v) is 5.60. The number of nitrogens with two attached hydrogens (primary N) is 1. The summed E-state index contributed by atoms with van der Waals surface area (Å²) in [4.78, 5) is 4.80. The first-order valence-electron chi connectivity index (χ1n) is 6.28. The van der Waals surface area contributed by atoms with Crippen LogP contribution in [0.15, 0.2) is 31.8 Å². The first kappa shape index (κ1) is 14.3. The molecule has 0 atom stereocenters. The molecule has 2 heterocycles. The number of rotatable bonds is 3. The maximum atomic E-state index is 5.71. The summed E-state index contributed by atoms with van der Waals surface area (Å²) in [5.41, 5.74) is 10.1. The maximum absolute atomic E-state index is 5.71. The van der Waals surface area contributed by atoms with Crippen LogP contribution in [-0.2, 0) is 13.1 Å². The molecule has 3 nitrogen and oxygen atoms in total. The average Bonchev–Trinajstić information content (AvgIpc) is 2.96. The smallest absolute Gasteiger partial charge is 0.143 e. The number of nitrogens with zero attached hydrogens (tertiary/aromatic N) is 2. The van der Waals surface area contributed by atoms with E-state index in [4.69, 9.17) is 10.7 Å². The Balaban J connectivity index is 2.27. The van der Waals surface area contributed by atoms with E-state index in [0.717, 1.165) is 42.1 Å². The van der Waals surface area contributed by atoms with Gasteiger partial charge in [-0.05, 0) is 62.5 Å². The lowest BCUT2D eigenvalue weighted by Crippen LogP contribution is -1.98. The molecule has 0 radical (unpaired) electrons. The summed E-state index contributed by atoms with van der Waals surface area (Å²) >= 11 is 8.81. The lowest BCUT2D eigenvalue weighted by atomic mass is 10.2. The third kappa shape index (κ3) is 2.35. The van der Waals surface area contributed by atoms with Gasteiger partial charge in [-0.15, -0.1) is 11.3 Å². The van der Waals surface area contributed by atoms with Crippen LogP contribution in [0, 0.1) is 0 Å². The predicted molar refractivity (Wildman–Crippen MR) is 92.0 cm³/mol. The fourth-order valence-electron chi connectivity index (χ4n) is 2.32. The molecule has 0 aliphatic carbocycles. The third-order valence-electron chi connectivity index (χ3n) is 3.26. The molecule has 0 spiro atoms. The molecule has 2 aromatic heterocycles. The number of thiophene rings is 1. The molecule has 3 aromatic rings. The molecule has 1 aromatic carbocycles. The van der Waals surface area contributed by atoms with Gasteiger partial charge in [0.2, 0.25) is 0 Å². The van der Waals surface area contributed by atoms with Crippen molar-refractivity contribution in [3.8, 4) is 11.4 Å². The number of hydrogen-bond acceptors (Lipinski definition) is 3. The second-order valence-corrected chi connectivity index (χ2v) is 8.19. The average molecular weight is 415 g/mol. The summed E-state index contributed by atoms with van der Waals surface area (Å²) in [5, 5.41) is 0. The van der Waals surface area contributed by atoms with Gasteiger partial charge in [0.05, 0.1) is 18.6 Å². The van der Waals surface area contributed by atoms with Crippen molar-refractivity contribution in [2.45, 2.75) is 20.0 Å². The van der Waals surface area contributed by atoms with Crippen molar-refractivity contribution in [3.05, 3.63) is 37.4 Å². The summed E-state index contributed by atoms with van der Waals surface area (Å²) in [6.07, 6.45) is 0. The summed E-state index contributed by atoms with van der Waals surface area (Å²) in [7, 11) is 0. The second kappa shape index (κ2) is 5.60. The van der Waals surface area contributed by atoms with Gasteiger partial charge in [-0.2, -0.15) is 0 Å². The van der Waals surface area contributed by atoms with Gasteiger partial charge in [0, 0.05) is 18.7 Å².